The van der Waals surface area contributed by atoms with Crippen molar-refractivity contribution in [3.63, 3.8) is 0 Å². The Morgan fingerprint density at radius 3 is 2.52 bits per heavy atom. The van der Waals surface area contributed by atoms with Crippen LogP contribution in [0.15, 0.2) is 40.7 Å². The molecule has 1 aromatic carbocycles. The molecule has 0 bridgehead atoms. The second kappa shape index (κ2) is 5.87. The van der Waals surface area contributed by atoms with Crippen molar-refractivity contribution in [1.82, 2.24) is 4.98 Å². The van der Waals surface area contributed by atoms with Gasteiger partial charge in [-0.1, -0.05) is 18.2 Å². The van der Waals surface area contributed by atoms with Crippen molar-refractivity contribution in [1.29, 1.82) is 0 Å². The van der Waals surface area contributed by atoms with Gasteiger partial charge in [0.05, 0.1) is 5.56 Å². The fraction of sp³-hybridized carbons (Fsp3) is 0.176. The molecule has 0 unspecified atom stereocenters. The number of Topliss-reactive ketones (excluding diaryl/α,β-unsaturated/α-hetero) is 1. The maximum atomic E-state index is 13.6. The number of nitrogens with one attached hydrogen (secondary N) is 1. The van der Waals surface area contributed by atoms with E-state index in [2.05, 4.69) is 4.98 Å². The van der Waals surface area contributed by atoms with E-state index < -0.39 is 17.2 Å². The molecular weight excluding hydrogens is 269 g/mol. The van der Waals surface area contributed by atoms with Gasteiger partial charge < -0.3 is 4.98 Å². The molecule has 0 aliphatic carbocycles. The number of aromatic nitrogens is 1. The van der Waals surface area contributed by atoms with Crippen LogP contribution in [0, 0.1) is 19.7 Å². The zero-order valence-corrected chi connectivity index (χ0v) is 12.2. The largest absolute Gasteiger partial charge is 0.326 e. The third-order valence-electron chi connectivity index (χ3n) is 3.23. The molecule has 0 fully saturated rings. The molecule has 21 heavy (non-hydrogen) atoms. The van der Waals surface area contributed by atoms with Crippen molar-refractivity contribution < 1.29 is 9.18 Å². The van der Waals surface area contributed by atoms with E-state index in [1.807, 2.05) is 0 Å². The summed E-state index contributed by atoms with van der Waals surface area (Å²) in [6, 6.07) is 7.92. The van der Waals surface area contributed by atoms with Gasteiger partial charge in [-0.15, -0.1) is 0 Å². The number of aromatic amines is 1. The molecule has 2 aromatic rings. The Hall–Kier alpha value is -2.49. The normalized spacial score (nSPS) is 11.5. The van der Waals surface area contributed by atoms with Crippen molar-refractivity contribution in [3.8, 4) is 0 Å². The lowest BCUT2D eigenvalue weighted by Gasteiger charge is -2.06. The van der Waals surface area contributed by atoms with Crippen LogP contribution in [0.3, 0.4) is 0 Å². The highest BCUT2D eigenvalue weighted by Crippen LogP contribution is 2.15. The van der Waals surface area contributed by atoms with Crippen LogP contribution >= 0.6 is 0 Å². The molecule has 2 rings (SSSR count). The molecule has 108 valence electrons. The number of hydrogen-bond acceptors (Lipinski definition) is 2. The average molecular weight is 285 g/mol. The number of pyridine rings is 1. The zero-order chi connectivity index (χ0) is 15.6. The Labute approximate surface area is 122 Å². The number of carbonyl (C=O) groups is 1. The Balaban J connectivity index is 2.46. The summed E-state index contributed by atoms with van der Waals surface area (Å²) in [6.07, 6.45) is 1.45. The monoisotopic (exact) mass is 285 g/mol. The molecule has 1 aromatic heterocycles. The van der Waals surface area contributed by atoms with E-state index in [0.717, 1.165) is 0 Å². The van der Waals surface area contributed by atoms with E-state index in [1.165, 1.54) is 12.1 Å². The number of allylic oxidation sites excluding steroid dienone is 1. The highest BCUT2D eigenvalue weighted by Gasteiger charge is 2.16. The first-order valence-corrected chi connectivity index (χ1v) is 6.58. The summed E-state index contributed by atoms with van der Waals surface area (Å²) in [5.74, 6) is -0.795. The molecule has 0 saturated heterocycles. The molecule has 4 heteroatoms. The average Bonchev–Trinajstić information content (AvgIpc) is 2.40. The van der Waals surface area contributed by atoms with Crippen molar-refractivity contribution >= 4 is 11.9 Å². The van der Waals surface area contributed by atoms with Gasteiger partial charge in [0.2, 0.25) is 0 Å². The van der Waals surface area contributed by atoms with Gasteiger partial charge in [-0.3, -0.25) is 9.59 Å². The smallest absolute Gasteiger partial charge is 0.259 e. The number of carbonyl (C=O) groups excluding carboxylic acids is 1. The predicted molar refractivity (Wildman–Crippen MR) is 80.9 cm³/mol. The molecule has 1 N–H and O–H groups in total. The summed E-state index contributed by atoms with van der Waals surface area (Å²) < 4.78 is 13.6. The SMILES string of the molecule is CC(=Cc1ccccc1F)C(=O)c1c(C)cc(C)[nH]c1=O. The summed E-state index contributed by atoms with van der Waals surface area (Å²) in [6.45, 7) is 5.05. The fourth-order valence-electron chi connectivity index (χ4n) is 2.22. The van der Waals surface area contributed by atoms with Gasteiger partial charge in [-0.05, 0) is 50.1 Å². The maximum absolute atomic E-state index is 13.6. The minimum absolute atomic E-state index is 0.102. The highest BCUT2D eigenvalue weighted by molar-refractivity contribution is 6.11. The first kappa shape index (κ1) is 14.9. The number of rotatable bonds is 3. The zero-order valence-electron chi connectivity index (χ0n) is 12.2. The number of halogens is 1. The minimum Gasteiger partial charge on any atom is -0.326 e. The third kappa shape index (κ3) is 3.16. The van der Waals surface area contributed by atoms with Crippen LogP contribution in [0.2, 0.25) is 0 Å². The summed E-state index contributed by atoms with van der Waals surface area (Å²) >= 11 is 0. The van der Waals surface area contributed by atoms with Crippen LogP contribution in [0.4, 0.5) is 4.39 Å². The molecule has 0 radical (unpaired) electrons. The van der Waals surface area contributed by atoms with E-state index in [-0.39, 0.29) is 5.56 Å². The van der Waals surface area contributed by atoms with Crippen molar-refractivity contribution in [3.05, 3.63) is 74.5 Å². The number of aryl methyl sites for hydroxylation is 2. The van der Waals surface area contributed by atoms with E-state index in [0.29, 0.717) is 22.4 Å². The van der Waals surface area contributed by atoms with E-state index in [1.54, 1.807) is 45.0 Å². The number of benzene rings is 1. The lowest BCUT2D eigenvalue weighted by Crippen LogP contribution is -2.21. The van der Waals surface area contributed by atoms with E-state index in [9.17, 15) is 14.0 Å². The minimum atomic E-state index is -0.418. The predicted octanol–water partition coefficient (Wildman–Crippen LogP) is 3.42. The fourth-order valence-corrected chi connectivity index (χ4v) is 2.22. The molecule has 0 amide bonds. The van der Waals surface area contributed by atoms with Crippen molar-refractivity contribution in [2.24, 2.45) is 0 Å². The standard InChI is InChI=1S/C17H16FNO2/c1-10-8-12(3)19-17(21)15(10)16(20)11(2)9-13-6-4-5-7-14(13)18/h4-9H,1-3H3,(H,19,21). The highest BCUT2D eigenvalue weighted by atomic mass is 19.1. The van der Waals surface area contributed by atoms with Crippen LogP contribution in [0.25, 0.3) is 6.08 Å². The first-order chi connectivity index (χ1) is 9.90. The van der Waals surface area contributed by atoms with Crippen LogP contribution < -0.4 is 5.56 Å². The molecule has 0 spiro atoms. The molecule has 0 atom stereocenters. The van der Waals surface area contributed by atoms with Crippen molar-refractivity contribution in [2.75, 3.05) is 0 Å². The number of ketones is 1. The van der Waals surface area contributed by atoms with Gasteiger partial charge in [-0.25, -0.2) is 4.39 Å². The van der Waals surface area contributed by atoms with Gasteiger partial charge in [0.1, 0.15) is 5.82 Å². The van der Waals surface area contributed by atoms with Gasteiger partial charge in [0.15, 0.2) is 5.78 Å². The van der Waals surface area contributed by atoms with Crippen LogP contribution in [0.1, 0.15) is 34.1 Å². The summed E-state index contributed by atoms with van der Waals surface area (Å²) in [7, 11) is 0. The summed E-state index contributed by atoms with van der Waals surface area (Å²) in [5, 5.41) is 0. The molecular formula is C17H16FNO2. The Morgan fingerprint density at radius 2 is 1.90 bits per heavy atom. The van der Waals surface area contributed by atoms with Crippen molar-refractivity contribution in [2.45, 2.75) is 20.8 Å². The number of H-pyrrole nitrogens is 1. The lowest BCUT2D eigenvalue weighted by molar-refractivity contribution is 0.103. The van der Waals surface area contributed by atoms with Gasteiger partial charge in [0.25, 0.3) is 5.56 Å². The topological polar surface area (TPSA) is 49.9 Å². The number of hydrogen-bond donors (Lipinski definition) is 1. The first-order valence-electron chi connectivity index (χ1n) is 6.58. The third-order valence-corrected chi connectivity index (χ3v) is 3.23. The summed E-state index contributed by atoms with van der Waals surface area (Å²) in [4.78, 5) is 27.0. The molecule has 0 aliphatic heterocycles. The summed E-state index contributed by atoms with van der Waals surface area (Å²) in [5.41, 5.74) is 1.64. The Kier molecular flexibility index (Phi) is 4.17. The second-order valence-corrected chi connectivity index (χ2v) is 5.02. The molecule has 0 aliphatic rings. The maximum Gasteiger partial charge on any atom is 0.259 e. The molecule has 0 saturated carbocycles. The van der Waals surface area contributed by atoms with Gasteiger partial charge >= 0.3 is 0 Å². The van der Waals surface area contributed by atoms with Gasteiger partial charge in [-0.2, -0.15) is 0 Å². The van der Waals surface area contributed by atoms with Gasteiger partial charge in [0, 0.05) is 11.3 Å². The quantitative estimate of drug-likeness (QED) is 0.694. The van der Waals surface area contributed by atoms with E-state index >= 15 is 0 Å². The van der Waals surface area contributed by atoms with E-state index in [4.69, 9.17) is 0 Å². The van der Waals surface area contributed by atoms with Crippen LogP contribution in [0.5, 0.6) is 0 Å². The molecule has 3 nitrogen and oxygen atoms in total. The van der Waals surface area contributed by atoms with Crippen LogP contribution in [-0.2, 0) is 0 Å². The molecule has 1 heterocycles. The Bertz CT molecular complexity index is 788. The second-order valence-electron chi connectivity index (χ2n) is 5.02. The Morgan fingerprint density at radius 1 is 1.24 bits per heavy atom. The van der Waals surface area contributed by atoms with Crippen LogP contribution in [-0.4, -0.2) is 10.8 Å². The lowest BCUT2D eigenvalue weighted by atomic mass is 9.99.